The van der Waals surface area contributed by atoms with E-state index in [1.54, 1.807) is 16.0 Å². The Labute approximate surface area is 172 Å². The Bertz CT molecular complexity index is 1030. The highest BCUT2D eigenvalue weighted by molar-refractivity contribution is 7.13. The molecule has 2 N–H and O–H groups in total. The summed E-state index contributed by atoms with van der Waals surface area (Å²) in [5, 5.41) is 7.27. The zero-order valence-corrected chi connectivity index (χ0v) is 17.1. The minimum absolute atomic E-state index is 0.107. The van der Waals surface area contributed by atoms with E-state index in [0.717, 1.165) is 28.8 Å². The molecule has 1 atom stereocenters. The van der Waals surface area contributed by atoms with Crippen LogP contribution in [0, 0.1) is 0 Å². The molecular formula is C19H23N7O2S. The highest BCUT2D eigenvalue weighted by Crippen LogP contribution is 2.34. The molecule has 0 bridgehead atoms. The first-order valence-corrected chi connectivity index (χ1v) is 10.7. The molecule has 0 aromatic carbocycles. The fourth-order valence-corrected chi connectivity index (χ4v) is 4.66. The van der Waals surface area contributed by atoms with Crippen LogP contribution in [0.3, 0.4) is 0 Å². The van der Waals surface area contributed by atoms with Crippen LogP contribution in [0.25, 0.3) is 21.6 Å². The third kappa shape index (κ3) is 3.22. The lowest BCUT2D eigenvalue weighted by molar-refractivity contribution is -0.141. The summed E-state index contributed by atoms with van der Waals surface area (Å²) in [6.45, 7) is 3.31. The van der Waals surface area contributed by atoms with Gasteiger partial charge in [-0.3, -0.25) is 9.48 Å². The molecule has 0 radical (unpaired) electrons. The van der Waals surface area contributed by atoms with Crippen LogP contribution < -0.4 is 10.6 Å². The number of hydrogen-bond donors (Lipinski definition) is 1. The van der Waals surface area contributed by atoms with Gasteiger partial charge in [0.25, 0.3) is 5.91 Å². The normalized spacial score (nSPS) is 20.0. The standard InChI is InChI=1S/C19H23N7O2S/c1-24-16(20)14-15(13-5-3-11-29-13)21-19(22-17(14)23-24)26-8-6-25(7-9-26)18(27)12-4-2-10-28-12/h3,5,11-12H,2,4,6-10,20H2,1H3. The number of hydrogen-bond acceptors (Lipinski definition) is 8. The summed E-state index contributed by atoms with van der Waals surface area (Å²) >= 11 is 1.61. The predicted octanol–water partition coefficient (Wildman–Crippen LogP) is 1.50. The average Bonchev–Trinajstić information content (AvgIpc) is 3.50. The Morgan fingerprint density at radius 3 is 2.79 bits per heavy atom. The molecule has 1 unspecified atom stereocenters. The van der Waals surface area contributed by atoms with Crippen molar-refractivity contribution in [3.05, 3.63) is 17.5 Å². The summed E-state index contributed by atoms with van der Waals surface area (Å²) in [5.74, 6) is 1.29. The second-order valence-corrected chi connectivity index (χ2v) is 8.32. The number of fused-ring (bicyclic) bond motifs is 1. The molecule has 0 spiro atoms. The molecule has 2 fully saturated rings. The fourth-order valence-electron chi connectivity index (χ4n) is 3.94. The summed E-state index contributed by atoms with van der Waals surface area (Å²) in [5.41, 5.74) is 7.64. The molecule has 152 valence electrons. The van der Waals surface area contributed by atoms with E-state index in [-0.39, 0.29) is 12.0 Å². The lowest BCUT2D eigenvalue weighted by Crippen LogP contribution is -2.51. The first kappa shape index (κ1) is 18.3. The van der Waals surface area contributed by atoms with Gasteiger partial charge in [-0.2, -0.15) is 10.1 Å². The van der Waals surface area contributed by atoms with Crippen molar-refractivity contribution in [3.63, 3.8) is 0 Å². The van der Waals surface area contributed by atoms with E-state index in [1.807, 2.05) is 29.5 Å². The highest BCUT2D eigenvalue weighted by atomic mass is 32.1. The molecule has 3 aromatic heterocycles. The lowest BCUT2D eigenvalue weighted by Gasteiger charge is -2.35. The molecule has 2 aliphatic heterocycles. The lowest BCUT2D eigenvalue weighted by atomic mass is 10.2. The number of carbonyl (C=O) groups is 1. The van der Waals surface area contributed by atoms with Crippen molar-refractivity contribution in [1.29, 1.82) is 0 Å². The van der Waals surface area contributed by atoms with Gasteiger partial charge < -0.3 is 20.3 Å². The third-order valence-electron chi connectivity index (χ3n) is 5.56. The third-order valence-corrected chi connectivity index (χ3v) is 6.44. The van der Waals surface area contributed by atoms with Crippen LogP contribution >= 0.6 is 11.3 Å². The molecule has 5 rings (SSSR count). The van der Waals surface area contributed by atoms with E-state index >= 15 is 0 Å². The van der Waals surface area contributed by atoms with Crippen molar-refractivity contribution in [2.75, 3.05) is 43.4 Å². The number of aryl methyl sites for hydroxylation is 1. The fraction of sp³-hybridized carbons (Fsp3) is 0.474. The van der Waals surface area contributed by atoms with Crippen molar-refractivity contribution in [2.24, 2.45) is 7.05 Å². The van der Waals surface area contributed by atoms with Crippen molar-refractivity contribution in [2.45, 2.75) is 18.9 Å². The van der Waals surface area contributed by atoms with E-state index in [0.29, 0.717) is 50.2 Å². The van der Waals surface area contributed by atoms with Gasteiger partial charge in [-0.25, -0.2) is 4.98 Å². The van der Waals surface area contributed by atoms with E-state index < -0.39 is 0 Å². The van der Waals surface area contributed by atoms with Gasteiger partial charge in [0.15, 0.2) is 5.65 Å². The molecule has 29 heavy (non-hydrogen) atoms. The molecule has 2 aliphatic rings. The topological polar surface area (TPSA) is 102 Å². The summed E-state index contributed by atoms with van der Waals surface area (Å²) in [6.07, 6.45) is 1.52. The number of amides is 1. The maximum absolute atomic E-state index is 12.6. The maximum Gasteiger partial charge on any atom is 0.251 e. The number of aromatic nitrogens is 4. The second-order valence-electron chi connectivity index (χ2n) is 7.37. The van der Waals surface area contributed by atoms with Gasteiger partial charge in [-0.1, -0.05) is 6.07 Å². The Kier molecular flexibility index (Phi) is 4.59. The van der Waals surface area contributed by atoms with Gasteiger partial charge in [0.05, 0.1) is 16.0 Å². The van der Waals surface area contributed by atoms with E-state index in [2.05, 4.69) is 15.0 Å². The van der Waals surface area contributed by atoms with E-state index in [1.165, 1.54) is 0 Å². The number of piperazine rings is 1. The Hall–Kier alpha value is -2.72. The molecule has 1 amide bonds. The van der Waals surface area contributed by atoms with Crippen LogP contribution in [0.2, 0.25) is 0 Å². The number of rotatable bonds is 3. The number of anilines is 2. The number of carbonyl (C=O) groups excluding carboxylic acids is 1. The van der Waals surface area contributed by atoms with Crippen LogP contribution in [0.15, 0.2) is 17.5 Å². The van der Waals surface area contributed by atoms with Gasteiger partial charge in [-0.05, 0) is 24.3 Å². The molecule has 5 heterocycles. The highest BCUT2D eigenvalue weighted by Gasteiger charge is 2.31. The van der Waals surface area contributed by atoms with Crippen molar-refractivity contribution >= 4 is 40.0 Å². The van der Waals surface area contributed by atoms with Gasteiger partial charge >= 0.3 is 0 Å². The molecule has 10 heteroatoms. The summed E-state index contributed by atoms with van der Waals surface area (Å²) in [4.78, 5) is 27.2. The quantitative estimate of drug-likeness (QED) is 0.694. The van der Waals surface area contributed by atoms with E-state index in [9.17, 15) is 4.79 Å². The monoisotopic (exact) mass is 413 g/mol. The van der Waals surface area contributed by atoms with Gasteiger partial charge in [0.1, 0.15) is 11.9 Å². The van der Waals surface area contributed by atoms with Crippen molar-refractivity contribution in [1.82, 2.24) is 24.6 Å². The van der Waals surface area contributed by atoms with Gasteiger partial charge in [0.2, 0.25) is 5.95 Å². The summed E-state index contributed by atoms with van der Waals surface area (Å²) < 4.78 is 7.18. The van der Waals surface area contributed by atoms with Crippen molar-refractivity contribution in [3.8, 4) is 10.6 Å². The van der Waals surface area contributed by atoms with E-state index in [4.69, 9.17) is 15.5 Å². The zero-order chi connectivity index (χ0) is 20.0. The minimum atomic E-state index is -0.268. The number of nitrogens with two attached hydrogens (primary N) is 1. The Morgan fingerprint density at radius 1 is 1.28 bits per heavy atom. The molecule has 0 saturated carbocycles. The largest absolute Gasteiger partial charge is 0.383 e. The van der Waals surface area contributed by atoms with Crippen LogP contribution in [0.5, 0.6) is 0 Å². The molecular weight excluding hydrogens is 390 g/mol. The number of nitrogens with zero attached hydrogens (tertiary/aromatic N) is 6. The Balaban J connectivity index is 1.42. The van der Waals surface area contributed by atoms with Crippen LogP contribution in [-0.2, 0) is 16.6 Å². The van der Waals surface area contributed by atoms with Gasteiger partial charge in [-0.15, -0.1) is 11.3 Å². The molecule has 0 aliphatic carbocycles. The average molecular weight is 414 g/mol. The molecule has 3 aromatic rings. The van der Waals surface area contributed by atoms with Crippen LogP contribution in [-0.4, -0.2) is 69.4 Å². The second kappa shape index (κ2) is 7.27. The maximum atomic E-state index is 12.6. The van der Waals surface area contributed by atoms with Gasteiger partial charge in [0, 0.05) is 39.8 Å². The molecule has 2 saturated heterocycles. The SMILES string of the molecule is Cn1nc2nc(N3CCN(C(=O)C4CCCO4)CC3)nc(-c3cccs3)c2c1N. The first-order chi connectivity index (χ1) is 14.1. The smallest absolute Gasteiger partial charge is 0.251 e. The van der Waals surface area contributed by atoms with Crippen LogP contribution in [0.1, 0.15) is 12.8 Å². The predicted molar refractivity (Wildman–Crippen MR) is 112 cm³/mol. The van der Waals surface area contributed by atoms with Crippen LogP contribution in [0.4, 0.5) is 11.8 Å². The summed E-state index contributed by atoms with van der Waals surface area (Å²) in [7, 11) is 1.81. The first-order valence-electron chi connectivity index (χ1n) is 9.81. The zero-order valence-electron chi connectivity index (χ0n) is 16.2. The molecule has 9 nitrogen and oxygen atoms in total. The van der Waals surface area contributed by atoms with Crippen molar-refractivity contribution < 1.29 is 9.53 Å². The number of thiophene rings is 1. The minimum Gasteiger partial charge on any atom is -0.383 e. The Morgan fingerprint density at radius 2 is 2.10 bits per heavy atom. The number of nitrogen functional groups attached to an aromatic ring is 1. The number of ether oxygens (including phenoxy) is 1. The summed E-state index contributed by atoms with van der Waals surface area (Å²) in [6, 6.07) is 4.02.